The fourth-order valence-corrected chi connectivity index (χ4v) is 2.25. The maximum absolute atomic E-state index is 11.4. The van der Waals surface area contributed by atoms with Crippen molar-refractivity contribution in [3.63, 3.8) is 0 Å². The molecule has 0 saturated heterocycles. The highest BCUT2D eigenvalue weighted by molar-refractivity contribution is 4.79. The van der Waals surface area contributed by atoms with E-state index in [1.54, 1.807) is 0 Å². The van der Waals surface area contributed by atoms with Gasteiger partial charge in [0.25, 0.3) is 0 Å². The average Bonchev–Trinajstić information content (AvgIpc) is 2.32. The van der Waals surface area contributed by atoms with E-state index >= 15 is 0 Å². The van der Waals surface area contributed by atoms with Gasteiger partial charge in [-0.1, -0.05) is 26.7 Å². The number of rotatable bonds is 11. The van der Waals surface area contributed by atoms with Gasteiger partial charge in [0.05, 0.1) is 0 Å². The third kappa shape index (κ3) is 6.01. The molecule has 102 valence electrons. The van der Waals surface area contributed by atoms with Gasteiger partial charge < -0.3 is 5.32 Å². The first-order valence-corrected chi connectivity index (χ1v) is 6.92. The Morgan fingerprint density at radius 3 is 1.88 bits per heavy atom. The van der Waals surface area contributed by atoms with E-state index in [0.717, 1.165) is 51.5 Å². The number of nitro groups is 1. The van der Waals surface area contributed by atoms with Gasteiger partial charge in [-0.15, -0.1) is 0 Å². The van der Waals surface area contributed by atoms with Crippen LogP contribution >= 0.6 is 0 Å². The van der Waals surface area contributed by atoms with Crippen molar-refractivity contribution < 1.29 is 4.92 Å². The first-order valence-electron chi connectivity index (χ1n) is 6.92. The number of unbranched alkanes of at least 4 members (excludes halogenated alkanes) is 2. The lowest BCUT2D eigenvalue weighted by Gasteiger charge is -2.25. The summed E-state index contributed by atoms with van der Waals surface area (Å²) in [4.78, 5) is 11.4. The van der Waals surface area contributed by atoms with Crippen molar-refractivity contribution in [3.8, 4) is 0 Å². The van der Waals surface area contributed by atoms with Gasteiger partial charge in [-0.2, -0.15) is 0 Å². The molecule has 0 fully saturated rings. The normalized spacial score (nSPS) is 11.7. The van der Waals surface area contributed by atoms with Crippen molar-refractivity contribution in [2.75, 3.05) is 13.6 Å². The number of hydrogen-bond acceptors (Lipinski definition) is 3. The maximum atomic E-state index is 11.4. The van der Waals surface area contributed by atoms with Crippen LogP contribution in [0.15, 0.2) is 0 Å². The van der Waals surface area contributed by atoms with Gasteiger partial charge in [0.2, 0.25) is 5.54 Å². The van der Waals surface area contributed by atoms with Crippen LogP contribution in [0.2, 0.25) is 0 Å². The SMILES string of the molecule is CCCCC(CCCC)(CCCNC)[N+](=O)[O-]. The molecule has 0 aromatic rings. The molecule has 0 aliphatic carbocycles. The minimum atomic E-state index is -0.664. The summed E-state index contributed by atoms with van der Waals surface area (Å²) < 4.78 is 0. The fraction of sp³-hybridized carbons (Fsp3) is 1.00. The van der Waals surface area contributed by atoms with E-state index in [4.69, 9.17) is 0 Å². The van der Waals surface area contributed by atoms with Gasteiger partial charge in [0.1, 0.15) is 0 Å². The highest BCUT2D eigenvalue weighted by Gasteiger charge is 2.40. The van der Waals surface area contributed by atoms with Crippen LogP contribution < -0.4 is 5.32 Å². The second-order valence-electron chi connectivity index (χ2n) is 4.90. The smallest absolute Gasteiger partial charge is 0.222 e. The van der Waals surface area contributed by atoms with Gasteiger partial charge in [0.15, 0.2) is 0 Å². The molecule has 0 amide bonds. The Morgan fingerprint density at radius 2 is 1.53 bits per heavy atom. The quantitative estimate of drug-likeness (QED) is 0.344. The summed E-state index contributed by atoms with van der Waals surface area (Å²) in [6, 6.07) is 0. The summed E-state index contributed by atoms with van der Waals surface area (Å²) in [5.41, 5.74) is -0.664. The van der Waals surface area contributed by atoms with Crippen LogP contribution in [-0.2, 0) is 0 Å². The Hall–Kier alpha value is -0.640. The number of hydrogen-bond donors (Lipinski definition) is 1. The van der Waals surface area contributed by atoms with Crippen LogP contribution in [0.4, 0.5) is 0 Å². The Morgan fingerprint density at radius 1 is 1.06 bits per heavy atom. The third-order valence-corrected chi connectivity index (χ3v) is 3.45. The fourth-order valence-electron chi connectivity index (χ4n) is 2.25. The minimum absolute atomic E-state index is 0.00597. The van der Waals surface area contributed by atoms with Gasteiger partial charge in [-0.3, -0.25) is 10.1 Å². The maximum Gasteiger partial charge on any atom is 0.222 e. The number of nitrogens with zero attached hydrogens (tertiary/aromatic N) is 1. The first-order chi connectivity index (χ1) is 8.13. The molecule has 17 heavy (non-hydrogen) atoms. The van der Waals surface area contributed by atoms with Gasteiger partial charge in [-0.05, 0) is 32.9 Å². The zero-order chi connectivity index (χ0) is 13.1. The zero-order valence-electron chi connectivity index (χ0n) is 11.6. The van der Waals surface area contributed by atoms with Gasteiger partial charge in [-0.25, -0.2) is 0 Å². The predicted molar refractivity (Wildman–Crippen MR) is 71.9 cm³/mol. The summed E-state index contributed by atoms with van der Waals surface area (Å²) in [5.74, 6) is 0. The van der Waals surface area contributed by atoms with Crippen LogP contribution in [0.3, 0.4) is 0 Å². The molecular weight excluding hydrogens is 216 g/mol. The van der Waals surface area contributed by atoms with E-state index < -0.39 is 5.54 Å². The molecule has 4 nitrogen and oxygen atoms in total. The van der Waals surface area contributed by atoms with Crippen LogP contribution in [-0.4, -0.2) is 24.1 Å². The topological polar surface area (TPSA) is 55.2 Å². The van der Waals surface area contributed by atoms with Crippen molar-refractivity contribution in [2.45, 2.75) is 70.8 Å². The van der Waals surface area contributed by atoms with Crippen LogP contribution in [0.1, 0.15) is 65.2 Å². The molecule has 0 heterocycles. The molecule has 0 radical (unpaired) electrons. The molecule has 0 aliphatic rings. The van der Waals surface area contributed by atoms with E-state index in [-0.39, 0.29) is 4.92 Å². The van der Waals surface area contributed by atoms with E-state index in [2.05, 4.69) is 19.2 Å². The first kappa shape index (κ1) is 16.4. The highest BCUT2D eigenvalue weighted by Crippen LogP contribution is 2.30. The molecule has 0 saturated carbocycles. The van der Waals surface area contributed by atoms with Crippen molar-refractivity contribution in [1.82, 2.24) is 5.32 Å². The van der Waals surface area contributed by atoms with Crippen molar-refractivity contribution in [1.29, 1.82) is 0 Å². The lowest BCUT2D eigenvalue weighted by Crippen LogP contribution is -2.39. The molecule has 4 heteroatoms. The zero-order valence-corrected chi connectivity index (χ0v) is 11.6. The standard InChI is InChI=1S/C13H28N2O2/c1-4-6-9-13(15(16)17,10-7-5-2)11-8-12-14-3/h14H,4-12H2,1-3H3. The van der Waals surface area contributed by atoms with Crippen molar-refractivity contribution in [3.05, 3.63) is 10.1 Å². The molecule has 0 unspecified atom stereocenters. The Kier molecular flexibility index (Phi) is 9.04. The third-order valence-electron chi connectivity index (χ3n) is 3.45. The van der Waals surface area contributed by atoms with Crippen molar-refractivity contribution in [2.24, 2.45) is 0 Å². The minimum Gasteiger partial charge on any atom is -0.320 e. The lowest BCUT2D eigenvalue weighted by atomic mass is 9.83. The largest absolute Gasteiger partial charge is 0.320 e. The molecule has 0 aromatic heterocycles. The molecule has 0 atom stereocenters. The van der Waals surface area contributed by atoms with Gasteiger partial charge in [0, 0.05) is 24.2 Å². The van der Waals surface area contributed by atoms with Gasteiger partial charge >= 0.3 is 0 Å². The van der Waals surface area contributed by atoms with Crippen molar-refractivity contribution >= 4 is 0 Å². The van der Waals surface area contributed by atoms with Crippen LogP contribution in [0, 0.1) is 10.1 Å². The molecule has 0 spiro atoms. The predicted octanol–water partition coefficient (Wildman–Crippen LogP) is 3.38. The second-order valence-corrected chi connectivity index (χ2v) is 4.90. The molecular formula is C13H28N2O2. The summed E-state index contributed by atoms with van der Waals surface area (Å²) in [6.45, 7) is 5.06. The molecule has 1 N–H and O–H groups in total. The summed E-state index contributed by atoms with van der Waals surface area (Å²) in [5, 5.41) is 14.5. The van der Waals surface area contributed by atoms with E-state index in [1.165, 1.54) is 0 Å². The Bertz CT molecular complexity index is 200. The van der Waals surface area contributed by atoms with E-state index in [1.807, 2.05) is 7.05 Å². The molecule has 0 aromatic carbocycles. The summed E-state index contributed by atoms with van der Waals surface area (Å²) >= 11 is 0. The molecule has 0 rings (SSSR count). The Balaban J connectivity index is 4.50. The van der Waals surface area contributed by atoms with E-state index in [9.17, 15) is 10.1 Å². The average molecular weight is 244 g/mol. The highest BCUT2D eigenvalue weighted by atomic mass is 16.6. The van der Waals surface area contributed by atoms with Crippen LogP contribution in [0.5, 0.6) is 0 Å². The van der Waals surface area contributed by atoms with Crippen LogP contribution in [0.25, 0.3) is 0 Å². The molecule has 0 bridgehead atoms. The summed E-state index contributed by atoms with van der Waals surface area (Å²) in [7, 11) is 1.89. The summed E-state index contributed by atoms with van der Waals surface area (Å²) in [6.07, 6.45) is 7.07. The monoisotopic (exact) mass is 244 g/mol. The molecule has 0 aliphatic heterocycles. The lowest BCUT2D eigenvalue weighted by molar-refractivity contribution is -0.574. The second kappa shape index (κ2) is 9.40. The van der Waals surface area contributed by atoms with E-state index in [0.29, 0.717) is 6.42 Å². The number of nitrogens with one attached hydrogen (secondary N) is 1. The Labute approximate surface area is 105 Å².